The molecule has 118 valence electrons. The van der Waals surface area contributed by atoms with Crippen molar-refractivity contribution in [1.82, 2.24) is 5.32 Å². The molecule has 1 aliphatic rings. The van der Waals surface area contributed by atoms with Gasteiger partial charge in [0.25, 0.3) is 6.48 Å². The van der Waals surface area contributed by atoms with Crippen LogP contribution in [0.2, 0.25) is 0 Å². The normalized spacial score (nSPS) is 22.1. The van der Waals surface area contributed by atoms with Crippen molar-refractivity contribution < 1.29 is 19.0 Å². The average Bonchev–Trinajstić information content (AvgIpc) is 2.92. The summed E-state index contributed by atoms with van der Waals surface area (Å²) in [5, 5.41) is 2.88. The van der Waals surface area contributed by atoms with E-state index in [1.807, 2.05) is 0 Å². The first kappa shape index (κ1) is 17.4. The zero-order chi connectivity index (χ0) is 14.6. The van der Waals surface area contributed by atoms with Crippen molar-refractivity contribution in [3.8, 4) is 0 Å². The highest BCUT2D eigenvalue weighted by Gasteiger charge is 2.25. The quantitative estimate of drug-likeness (QED) is 0.593. The number of hydrogen-bond donors (Lipinski definition) is 1. The smallest absolute Gasteiger partial charge is 0.271 e. The molecule has 1 fully saturated rings. The third-order valence-electron chi connectivity index (χ3n) is 3.45. The summed E-state index contributed by atoms with van der Waals surface area (Å²) in [4.78, 5) is 11.6. The molecule has 2 atom stereocenters. The van der Waals surface area contributed by atoms with Gasteiger partial charge in [0, 0.05) is 20.1 Å². The van der Waals surface area contributed by atoms with E-state index in [0.717, 1.165) is 12.8 Å². The molecular formula is C15H29NO4. The van der Waals surface area contributed by atoms with Crippen molar-refractivity contribution in [2.45, 2.75) is 70.9 Å². The van der Waals surface area contributed by atoms with E-state index >= 15 is 0 Å². The first-order valence-electron chi connectivity index (χ1n) is 7.82. The number of ether oxygens (including phenoxy) is 3. The van der Waals surface area contributed by atoms with Crippen molar-refractivity contribution in [3.63, 3.8) is 0 Å². The molecule has 1 amide bonds. The van der Waals surface area contributed by atoms with E-state index in [1.54, 1.807) is 0 Å². The van der Waals surface area contributed by atoms with E-state index < -0.39 is 6.48 Å². The van der Waals surface area contributed by atoms with Crippen molar-refractivity contribution >= 4 is 5.91 Å². The summed E-state index contributed by atoms with van der Waals surface area (Å²) in [5.41, 5.74) is 0. The molecule has 5 nitrogen and oxygen atoms in total. The monoisotopic (exact) mass is 287 g/mol. The minimum Gasteiger partial charge on any atom is -0.353 e. The summed E-state index contributed by atoms with van der Waals surface area (Å²) in [7, 11) is 1.53. The Labute approximate surface area is 122 Å². The maximum Gasteiger partial charge on any atom is 0.271 e. The fourth-order valence-electron chi connectivity index (χ4n) is 2.21. The van der Waals surface area contributed by atoms with Gasteiger partial charge in [-0.3, -0.25) is 4.79 Å². The van der Waals surface area contributed by atoms with Gasteiger partial charge in [-0.15, -0.1) is 0 Å². The van der Waals surface area contributed by atoms with Gasteiger partial charge >= 0.3 is 0 Å². The predicted molar refractivity (Wildman–Crippen MR) is 77.2 cm³/mol. The number of rotatable bonds is 11. The van der Waals surface area contributed by atoms with Gasteiger partial charge in [-0.1, -0.05) is 45.4 Å². The molecular weight excluding hydrogens is 258 g/mol. The lowest BCUT2D eigenvalue weighted by Gasteiger charge is -2.10. The van der Waals surface area contributed by atoms with Crippen LogP contribution in [0.15, 0.2) is 0 Å². The van der Waals surface area contributed by atoms with Gasteiger partial charge in [-0.05, 0) is 6.42 Å². The molecule has 0 radical (unpaired) electrons. The van der Waals surface area contributed by atoms with Gasteiger partial charge in [0.15, 0.2) is 0 Å². The SMILES string of the molecule is CCCCCCCCCC(=O)NCC1COC(OC)O1. The van der Waals surface area contributed by atoms with Crippen LogP contribution in [0.3, 0.4) is 0 Å². The molecule has 0 aromatic carbocycles. The minimum absolute atomic E-state index is 0.0991. The third kappa shape index (κ3) is 7.82. The van der Waals surface area contributed by atoms with E-state index in [1.165, 1.54) is 39.2 Å². The number of nitrogens with one attached hydrogen (secondary N) is 1. The Morgan fingerprint density at radius 2 is 1.90 bits per heavy atom. The maximum atomic E-state index is 11.6. The lowest BCUT2D eigenvalue weighted by atomic mass is 10.1. The third-order valence-corrected chi connectivity index (χ3v) is 3.45. The number of carbonyl (C=O) groups is 1. The molecule has 0 aromatic rings. The number of unbranched alkanes of at least 4 members (excludes halogenated alkanes) is 6. The molecule has 0 aliphatic carbocycles. The molecule has 2 unspecified atom stereocenters. The highest BCUT2D eigenvalue weighted by Crippen LogP contribution is 2.11. The molecule has 1 aliphatic heterocycles. The number of methoxy groups -OCH3 is 1. The molecule has 0 spiro atoms. The first-order chi connectivity index (χ1) is 9.76. The van der Waals surface area contributed by atoms with Gasteiger partial charge in [0.2, 0.25) is 5.91 Å². The molecule has 1 heterocycles. The maximum absolute atomic E-state index is 11.6. The Balaban J connectivity index is 1.90. The second-order valence-corrected chi connectivity index (χ2v) is 5.29. The van der Waals surface area contributed by atoms with Crippen molar-refractivity contribution in [2.24, 2.45) is 0 Å². The number of amides is 1. The van der Waals surface area contributed by atoms with E-state index in [9.17, 15) is 4.79 Å². The van der Waals surface area contributed by atoms with Gasteiger partial charge in [0.1, 0.15) is 6.10 Å². The van der Waals surface area contributed by atoms with Crippen LogP contribution in [-0.2, 0) is 19.0 Å². The highest BCUT2D eigenvalue weighted by atomic mass is 16.9. The second-order valence-electron chi connectivity index (χ2n) is 5.29. The van der Waals surface area contributed by atoms with Crippen LogP contribution in [0.5, 0.6) is 0 Å². The molecule has 20 heavy (non-hydrogen) atoms. The van der Waals surface area contributed by atoms with Crippen LogP contribution in [0.25, 0.3) is 0 Å². The molecule has 1 rings (SSSR count). The fraction of sp³-hybridized carbons (Fsp3) is 0.933. The Hall–Kier alpha value is -0.650. The number of carbonyl (C=O) groups excluding carboxylic acids is 1. The van der Waals surface area contributed by atoms with E-state index in [-0.39, 0.29) is 12.0 Å². The highest BCUT2D eigenvalue weighted by molar-refractivity contribution is 5.75. The number of hydrogen-bond acceptors (Lipinski definition) is 4. The van der Waals surface area contributed by atoms with Gasteiger partial charge in [0.05, 0.1) is 6.61 Å². The summed E-state index contributed by atoms with van der Waals surface area (Å²) in [6, 6.07) is 0. The molecule has 0 saturated carbocycles. The van der Waals surface area contributed by atoms with Crippen molar-refractivity contribution in [1.29, 1.82) is 0 Å². The van der Waals surface area contributed by atoms with Crippen LogP contribution in [-0.4, -0.2) is 38.7 Å². The zero-order valence-corrected chi connectivity index (χ0v) is 12.9. The molecule has 5 heteroatoms. The summed E-state index contributed by atoms with van der Waals surface area (Å²) in [6.45, 7) is 2.60. The van der Waals surface area contributed by atoms with E-state index in [2.05, 4.69) is 12.2 Å². The van der Waals surface area contributed by atoms with Gasteiger partial charge in [-0.25, -0.2) is 0 Å². The molecule has 1 saturated heterocycles. The van der Waals surface area contributed by atoms with Crippen LogP contribution in [0.4, 0.5) is 0 Å². The molecule has 0 aromatic heterocycles. The first-order valence-corrected chi connectivity index (χ1v) is 7.82. The van der Waals surface area contributed by atoms with Crippen molar-refractivity contribution in [3.05, 3.63) is 0 Å². The largest absolute Gasteiger partial charge is 0.353 e. The van der Waals surface area contributed by atoms with Crippen LogP contribution < -0.4 is 5.32 Å². The summed E-state index contributed by atoms with van der Waals surface area (Å²) < 4.78 is 15.5. The standard InChI is InChI=1S/C15H29NO4/c1-3-4-5-6-7-8-9-10-14(17)16-11-13-12-19-15(18-2)20-13/h13,15H,3-12H2,1-2H3,(H,16,17). The summed E-state index contributed by atoms with van der Waals surface area (Å²) in [6.07, 6.45) is 9.08. The fourth-order valence-corrected chi connectivity index (χ4v) is 2.21. The lowest BCUT2D eigenvalue weighted by molar-refractivity contribution is -0.222. The Morgan fingerprint density at radius 1 is 1.20 bits per heavy atom. The zero-order valence-electron chi connectivity index (χ0n) is 12.9. The summed E-state index contributed by atoms with van der Waals surface area (Å²) in [5.74, 6) is 0.100. The van der Waals surface area contributed by atoms with Crippen molar-refractivity contribution in [2.75, 3.05) is 20.3 Å². The topological polar surface area (TPSA) is 56.8 Å². The molecule has 1 N–H and O–H groups in total. The minimum atomic E-state index is -0.583. The molecule has 0 bridgehead atoms. The second kappa shape index (κ2) is 11.1. The Bertz CT molecular complexity index is 260. The van der Waals surface area contributed by atoms with E-state index in [4.69, 9.17) is 14.2 Å². The van der Waals surface area contributed by atoms with Gasteiger partial charge in [-0.2, -0.15) is 0 Å². The van der Waals surface area contributed by atoms with Crippen LogP contribution >= 0.6 is 0 Å². The predicted octanol–water partition coefficient (Wildman–Crippen LogP) is 2.59. The van der Waals surface area contributed by atoms with E-state index in [0.29, 0.717) is 19.6 Å². The lowest BCUT2D eigenvalue weighted by Crippen LogP contribution is -2.33. The summed E-state index contributed by atoms with van der Waals surface area (Å²) >= 11 is 0. The van der Waals surface area contributed by atoms with Crippen LogP contribution in [0, 0.1) is 0 Å². The Morgan fingerprint density at radius 3 is 2.55 bits per heavy atom. The Kier molecular flexibility index (Phi) is 9.62. The average molecular weight is 287 g/mol. The van der Waals surface area contributed by atoms with Gasteiger partial charge < -0.3 is 19.5 Å². The van der Waals surface area contributed by atoms with Crippen LogP contribution in [0.1, 0.15) is 58.3 Å².